The first-order chi connectivity index (χ1) is 14.2. The highest BCUT2D eigenvalue weighted by Crippen LogP contribution is 2.21. The van der Waals surface area contributed by atoms with Crippen LogP contribution in [-0.2, 0) is 22.5 Å². The van der Waals surface area contributed by atoms with Crippen LogP contribution in [0.3, 0.4) is 0 Å². The lowest BCUT2D eigenvalue weighted by Gasteiger charge is -2.32. The van der Waals surface area contributed by atoms with Crippen molar-refractivity contribution in [2.45, 2.75) is 32.4 Å². The molecule has 4 rings (SSSR count). The van der Waals surface area contributed by atoms with Crippen LogP contribution < -0.4 is 10.2 Å². The zero-order valence-electron chi connectivity index (χ0n) is 16.2. The Morgan fingerprint density at radius 2 is 2.31 bits per heavy atom. The predicted molar refractivity (Wildman–Crippen MR) is 110 cm³/mol. The number of thiophene rings is 1. The molecule has 1 amide bonds. The molecule has 1 saturated heterocycles. The van der Waals surface area contributed by atoms with Crippen molar-refractivity contribution in [1.82, 2.24) is 20.4 Å². The lowest BCUT2D eigenvalue weighted by Crippen LogP contribution is -2.41. The van der Waals surface area contributed by atoms with Gasteiger partial charge in [-0.1, -0.05) is 17.3 Å². The van der Waals surface area contributed by atoms with Crippen LogP contribution in [0.2, 0.25) is 0 Å². The second-order valence-corrected chi connectivity index (χ2v) is 7.87. The molecule has 0 spiro atoms. The number of nitrogens with one attached hydrogen (secondary N) is 1. The molecule has 29 heavy (non-hydrogen) atoms. The summed E-state index contributed by atoms with van der Waals surface area (Å²) in [4.78, 5) is 24.2. The van der Waals surface area contributed by atoms with Gasteiger partial charge in [0, 0.05) is 38.7 Å². The van der Waals surface area contributed by atoms with Crippen LogP contribution in [0.1, 0.15) is 24.8 Å². The third-order valence-corrected chi connectivity index (χ3v) is 5.51. The van der Waals surface area contributed by atoms with Gasteiger partial charge in [0.25, 0.3) is 0 Å². The molecule has 152 valence electrons. The summed E-state index contributed by atoms with van der Waals surface area (Å²) < 4.78 is 10.8. The molecule has 3 aromatic heterocycles. The number of nitrogens with zero attached hydrogens (tertiary/aromatic N) is 4. The van der Waals surface area contributed by atoms with Crippen LogP contribution in [0.5, 0.6) is 0 Å². The van der Waals surface area contributed by atoms with Crippen molar-refractivity contribution in [1.29, 1.82) is 0 Å². The maximum absolute atomic E-state index is 12.1. The molecule has 0 bridgehead atoms. The Bertz CT molecular complexity index is 926. The number of pyridine rings is 1. The van der Waals surface area contributed by atoms with E-state index >= 15 is 0 Å². The topological polar surface area (TPSA) is 93.4 Å². The van der Waals surface area contributed by atoms with Crippen LogP contribution in [0.4, 0.5) is 5.82 Å². The summed E-state index contributed by atoms with van der Waals surface area (Å²) in [6.07, 6.45) is 2.73. The molecule has 0 aromatic carbocycles. The largest absolute Gasteiger partial charge is 0.375 e. The van der Waals surface area contributed by atoms with Gasteiger partial charge in [-0.2, -0.15) is 4.98 Å². The molecule has 9 heteroatoms. The normalized spacial score (nSPS) is 16.7. The minimum Gasteiger partial charge on any atom is -0.375 e. The van der Waals surface area contributed by atoms with Gasteiger partial charge in [-0.15, -0.1) is 11.3 Å². The van der Waals surface area contributed by atoms with Crippen molar-refractivity contribution >= 4 is 23.1 Å². The first-order valence-corrected chi connectivity index (χ1v) is 10.5. The fraction of sp³-hybridized carbons (Fsp3) is 0.400. The van der Waals surface area contributed by atoms with Gasteiger partial charge in [-0.05, 0) is 30.0 Å². The number of hydrogen-bond acceptors (Lipinski definition) is 8. The molecule has 1 unspecified atom stereocenters. The maximum Gasteiger partial charge on any atom is 0.227 e. The lowest BCUT2D eigenvalue weighted by atomic mass is 10.2. The molecule has 8 nitrogen and oxygen atoms in total. The summed E-state index contributed by atoms with van der Waals surface area (Å²) in [5, 5.41) is 8.82. The molecule has 1 aliphatic heterocycles. The van der Waals surface area contributed by atoms with Crippen molar-refractivity contribution < 1.29 is 14.1 Å². The first-order valence-electron chi connectivity index (χ1n) is 9.62. The molecule has 1 N–H and O–H groups in total. The number of carbonyl (C=O) groups is 1. The lowest BCUT2D eigenvalue weighted by molar-refractivity contribution is -0.121. The van der Waals surface area contributed by atoms with E-state index in [9.17, 15) is 4.79 Å². The van der Waals surface area contributed by atoms with Gasteiger partial charge in [0.2, 0.25) is 17.6 Å². The van der Waals surface area contributed by atoms with Crippen molar-refractivity contribution in [3.8, 4) is 10.7 Å². The number of anilines is 1. The van der Waals surface area contributed by atoms with E-state index in [4.69, 9.17) is 9.26 Å². The summed E-state index contributed by atoms with van der Waals surface area (Å²) in [5.41, 5.74) is 0.959. The number of rotatable bonds is 7. The van der Waals surface area contributed by atoms with E-state index in [1.165, 1.54) is 0 Å². The summed E-state index contributed by atoms with van der Waals surface area (Å²) in [5.74, 6) is 1.91. The summed E-state index contributed by atoms with van der Waals surface area (Å²) in [6, 6.07) is 7.86. The summed E-state index contributed by atoms with van der Waals surface area (Å²) in [7, 11) is 0. The molecule has 0 aliphatic carbocycles. The van der Waals surface area contributed by atoms with Crippen molar-refractivity contribution in [3.05, 3.63) is 47.3 Å². The van der Waals surface area contributed by atoms with Gasteiger partial charge in [0.1, 0.15) is 5.82 Å². The Balaban J connectivity index is 1.22. The number of aromatic nitrogens is 3. The molecular weight excluding hydrogens is 390 g/mol. The van der Waals surface area contributed by atoms with Crippen molar-refractivity contribution in [2.24, 2.45) is 0 Å². The van der Waals surface area contributed by atoms with Crippen LogP contribution in [0, 0.1) is 0 Å². The van der Waals surface area contributed by atoms with Crippen LogP contribution in [-0.4, -0.2) is 46.8 Å². The Hall–Kier alpha value is -2.78. The highest BCUT2D eigenvalue weighted by atomic mass is 32.1. The van der Waals surface area contributed by atoms with E-state index in [-0.39, 0.29) is 12.0 Å². The van der Waals surface area contributed by atoms with E-state index in [0.29, 0.717) is 31.1 Å². The highest BCUT2D eigenvalue weighted by Gasteiger charge is 2.17. The molecular formula is C20H23N5O3S. The third-order valence-electron chi connectivity index (χ3n) is 4.64. The molecule has 1 atom stereocenters. The van der Waals surface area contributed by atoms with Gasteiger partial charge in [-0.3, -0.25) is 4.79 Å². The highest BCUT2D eigenvalue weighted by molar-refractivity contribution is 7.13. The molecule has 4 heterocycles. The van der Waals surface area contributed by atoms with Gasteiger partial charge < -0.3 is 19.5 Å². The SMILES string of the molecule is CC1CN(c2ccc(CNC(=O)CCc3nc(-c4cccs4)no3)cn2)CCO1. The predicted octanol–water partition coefficient (Wildman–Crippen LogP) is 2.67. The van der Waals surface area contributed by atoms with E-state index in [0.717, 1.165) is 36.0 Å². The van der Waals surface area contributed by atoms with Gasteiger partial charge in [0.15, 0.2) is 0 Å². The van der Waals surface area contributed by atoms with Gasteiger partial charge >= 0.3 is 0 Å². The van der Waals surface area contributed by atoms with E-state index < -0.39 is 0 Å². The minimum atomic E-state index is -0.0630. The maximum atomic E-state index is 12.1. The number of morpholine rings is 1. The Morgan fingerprint density at radius 1 is 1.38 bits per heavy atom. The molecule has 3 aromatic rings. The fourth-order valence-electron chi connectivity index (χ4n) is 3.11. The Labute approximate surface area is 172 Å². The van der Waals surface area contributed by atoms with Gasteiger partial charge in [-0.25, -0.2) is 4.98 Å². The summed E-state index contributed by atoms with van der Waals surface area (Å²) in [6.45, 7) is 4.91. The second kappa shape index (κ2) is 9.15. The number of aryl methyl sites for hydroxylation is 1. The standard InChI is InChI=1S/C20H23N5O3S/c1-14-13-25(8-9-27-14)17-5-4-15(11-21-17)12-22-18(26)6-7-19-23-20(24-28-19)16-3-2-10-29-16/h2-5,10-11,14H,6-9,12-13H2,1H3,(H,22,26). The van der Waals surface area contributed by atoms with Crippen LogP contribution >= 0.6 is 11.3 Å². The fourth-order valence-corrected chi connectivity index (χ4v) is 3.76. The van der Waals surface area contributed by atoms with Crippen LogP contribution in [0.25, 0.3) is 10.7 Å². The second-order valence-electron chi connectivity index (χ2n) is 6.92. The number of hydrogen-bond donors (Lipinski definition) is 1. The van der Waals surface area contributed by atoms with Gasteiger partial charge in [0.05, 0.1) is 17.6 Å². The monoisotopic (exact) mass is 413 g/mol. The van der Waals surface area contributed by atoms with E-state index in [2.05, 4.69) is 32.3 Å². The van der Waals surface area contributed by atoms with Crippen LogP contribution in [0.15, 0.2) is 40.4 Å². The quantitative estimate of drug-likeness (QED) is 0.636. The molecule has 0 radical (unpaired) electrons. The number of amides is 1. The Kier molecular flexibility index (Phi) is 6.16. The first kappa shape index (κ1) is 19.5. The van der Waals surface area contributed by atoms with Crippen molar-refractivity contribution in [2.75, 3.05) is 24.6 Å². The van der Waals surface area contributed by atoms with Crippen molar-refractivity contribution in [3.63, 3.8) is 0 Å². The third kappa shape index (κ3) is 5.18. The van der Waals surface area contributed by atoms with E-state index in [1.807, 2.05) is 29.6 Å². The molecule has 1 fully saturated rings. The molecule has 1 aliphatic rings. The number of ether oxygens (including phenoxy) is 1. The zero-order chi connectivity index (χ0) is 20.1. The minimum absolute atomic E-state index is 0.0630. The summed E-state index contributed by atoms with van der Waals surface area (Å²) >= 11 is 1.55. The Morgan fingerprint density at radius 3 is 3.07 bits per heavy atom. The zero-order valence-corrected chi connectivity index (χ0v) is 17.0. The average molecular weight is 414 g/mol. The molecule has 0 saturated carbocycles. The van der Waals surface area contributed by atoms with E-state index in [1.54, 1.807) is 17.5 Å². The number of carbonyl (C=O) groups excluding carboxylic acids is 1. The average Bonchev–Trinajstić information content (AvgIpc) is 3.43. The smallest absolute Gasteiger partial charge is 0.227 e.